The van der Waals surface area contributed by atoms with Crippen LogP contribution in [0.15, 0.2) is 29.1 Å². The fourth-order valence-electron chi connectivity index (χ4n) is 2.94. The SMILES string of the molecule is CCOC(=O)[C@@H]1CCc2nc(-c3cc(C)ccc3N)cc(=O)n21. The van der Waals surface area contributed by atoms with E-state index in [4.69, 9.17) is 10.5 Å². The number of nitrogens with two attached hydrogens (primary N) is 1. The number of hydrogen-bond acceptors (Lipinski definition) is 5. The van der Waals surface area contributed by atoms with Crippen molar-refractivity contribution in [3.8, 4) is 11.3 Å². The number of carbonyl (C=O) groups excluding carboxylic acids is 1. The molecular formula is C17H19N3O3. The monoisotopic (exact) mass is 313 g/mol. The van der Waals surface area contributed by atoms with Crippen molar-refractivity contribution in [2.45, 2.75) is 32.7 Å². The third-order valence-corrected chi connectivity index (χ3v) is 4.02. The van der Waals surface area contributed by atoms with Crippen LogP contribution in [0.3, 0.4) is 0 Å². The number of benzene rings is 1. The maximum atomic E-state index is 12.5. The summed E-state index contributed by atoms with van der Waals surface area (Å²) in [6.07, 6.45) is 1.10. The van der Waals surface area contributed by atoms with E-state index in [2.05, 4.69) is 4.98 Å². The molecule has 0 fully saturated rings. The Morgan fingerprint density at radius 1 is 1.43 bits per heavy atom. The summed E-state index contributed by atoms with van der Waals surface area (Å²) in [5, 5.41) is 0. The summed E-state index contributed by atoms with van der Waals surface area (Å²) in [4.78, 5) is 29.0. The van der Waals surface area contributed by atoms with Gasteiger partial charge in [-0.05, 0) is 32.4 Å². The van der Waals surface area contributed by atoms with Crippen molar-refractivity contribution in [1.29, 1.82) is 0 Å². The Hall–Kier alpha value is -2.63. The van der Waals surface area contributed by atoms with E-state index in [9.17, 15) is 9.59 Å². The molecule has 2 N–H and O–H groups in total. The van der Waals surface area contributed by atoms with E-state index in [-0.39, 0.29) is 11.5 Å². The van der Waals surface area contributed by atoms with Crippen LogP contribution in [0.25, 0.3) is 11.3 Å². The molecule has 0 bridgehead atoms. The number of hydrogen-bond donors (Lipinski definition) is 1. The molecule has 6 nitrogen and oxygen atoms in total. The topological polar surface area (TPSA) is 87.2 Å². The Balaban J connectivity index is 2.06. The fraction of sp³-hybridized carbons (Fsp3) is 0.353. The summed E-state index contributed by atoms with van der Waals surface area (Å²) >= 11 is 0. The average molecular weight is 313 g/mol. The van der Waals surface area contributed by atoms with E-state index in [1.165, 1.54) is 10.6 Å². The van der Waals surface area contributed by atoms with Gasteiger partial charge < -0.3 is 10.5 Å². The maximum absolute atomic E-state index is 12.5. The van der Waals surface area contributed by atoms with Crippen molar-refractivity contribution in [2.24, 2.45) is 0 Å². The highest BCUT2D eigenvalue weighted by atomic mass is 16.5. The second-order valence-corrected chi connectivity index (χ2v) is 5.66. The minimum Gasteiger partial charge on any atom is -0.464 e. The van der Waals surface area contributed by atoms with E-state index >= 15 is 0 Å². The Bertz CT molecular complexity index is 826. The molecule has 0 aliphatic carbocycles. The smallest absolute Gasteiger partial charge is 0.329 e. The minimum absolute atomic E-state index is 0.249. The quantitative estimate of drug-likeness (QED) is 0.690. The van der Waals surface area contributed by atoms with Crippen LogP contribution in [0.2, 0.25) is 0 Å². The second-order valence-electron chi connectivity index (χ2n) is 5.66. The number of nitrogen functional groups attached to an aromatic ring is 1. The lowest BCUT2D eigenvalue weighted by Crippen LogP contribution is -2.29. The summed E-state index contributed by atoms with van der Waals surface area (Å²) in [6, 6.07) is 6.49. The van der Waals surface area contributed by atoms with Gasteiger partial charge in [-0.3, -0.25) is 9.36 Å². The zero-order valence-electron chi connectivity index (χ0n) is 13.2. The predicted molar refractivity (Wildman–Crippen MR) is 87.1 cm³/mol. The first kappa shape index (κ1) is 15.3. The van der Waals surface area contributed by atoms with E-state index in [1.54, 1.807) is 13.0 Å². The predicted octanol–water partition coefficient (Wildman–Crippen LogP) is 1.85. The molecule has 0 amide bonds. The molecule has 0 unspecified atom stereocenters. The Morgan fingerprint density at radius 3 is 2.96 bits per heavy atom. The Morgan fingerprint density at radius 2 is 2.22 bits per heavy atom. The number of ether oxygens (including phenoxy) is 1. The molecule has 1 aromatic heterocycles. The van der Waals surface area contributed by atoms with E-state index in [0.717, 1.165) is 11.1 Å². The zero-order valence-corrected chi connectivity index (χ0v) is 13.2. The van der Waals surface area contributed by atoms with Crippen LogP contribution in [0.4, 0.5) is 5.69 Å². The molecule has 0 spiro atoms. The Labute approximate surface area is 133 Å². The van der Waals surface area contributed by atoms with Gasteiger partial charge in [-0.15, -0.1) is 0 Å². The van der Waals surface area contributed by atoms with Gasteiger partial charge in [0.1, 0.15) is 11.9 Å². The van der Waals surface area contributed by atoms with E-state index < -0.39 is 6.04 Å². The first-order valence-corrected chi connectivity index (χ1v) is 7.67. The van der Waals surface area contributed by atoms with Gasteiger partial charge in [0, 0.05) is 23.7 Å². The van der Waals surface area contributed by atoms with E-state index in [1.807, 2.05) is 19.1 Å². The lowest BCUT2D eigenvalue weighted by atomic mass is 10.1. The molecule has 0 radical (unpaired) electrons. The van der Waals surface area contributed by atoms with E-state index in [0.29, 0.717) is 36.7 Å². The molecule has 120 valence electrons. The molecule has 1 aliphatic heterocycles. The molecule has 2 heterocycles. The summed E-state index contributed by atoms with van der Waals surface area (Å²) in [6.45, 7) is 4.00. The summed E-state index contributed by atoms with van der Waals surface area (Å²) in [5.41, 5.74) is 8.67. The highest BCUT2D eigenvalue weighted by Gasteiger charge is 2.31. The molecule has 6 heteroatoms. The number of carbonyl (C=O) groups is 1. The highest BCUT2D eigenvalue weighted by molar-refractivity contribution is 5.76. The molecule has 23 heavy (non-hydrogen) atoms. The number of fused-ring (bicyclic) bond motifs is 1. The molecular weight excluding hydrogens is 294 g/mol. The van der Waals surface area contributed by atoms with Gasteiger partial charge in [-0.1, -0.05) is 11.6 Å². The van der Waals surface area contributed by atoms with Crippen LogP contribution in [0.5, 0.6) is 0 Å². The molecule has 1 atom stereocenters. The first-order chi connectivity index (χ1) is 11.0. The van der Waals surface area contributed by atoms with Gasteiger partial charge in [0.05, 0.1) is 12.3 Å². The van der Waals surface area contributed by atoms with Gasteiger partial charge in [-0.2, -0.15) is 0 Å². The number of anilines is 1. The number of aromatic nitrogens is 2. The molecule has 2 aromatic rings. The van der Waals surface area contributed by atoms with Crippen molar-refractivity contribution >= 4 is 11.7 Å². The van der Waals surface area contributed by atoms with Crippen LogP contribution in [0.1, 0.15) is 30.8 Å². The zero-order chi connectivity index (χ0) is 16.6. The lowest BCUT2D eigenvalue weighted by Gasteiger charge is -2.14. The lowest BCUT2D eigenvalue weighted by molar-refractivity contribution is -0.147. The van der Waals surface area contributed by atoms with Crippen LogP contribution in [-0.4, -0.2) is 22.1 Å². The van der Waals surface area contributed by atoms with Crippen LogP contribution < -0.4 is 11.3 Å². The molecule has 1 aromatic carbocycles. The largest absolute Gasteiger partial charge is 0.464 e. The summed E-state index contributed by atoms with van der Waals surface area (Å²) in [7, 11) is 0. The summed E-state index contributed by atoms with van der Waals surface area (Å²) in [5.74, 6) is 0.226. The number of esters is 1. The van der Waals surface area contributed by atoms with Gasteiger partial charge in [-0.25, -0.2) is 9.78 Å². The van der Waals surface area contributed by atoms with Crippen molar-refractivity contribution in [1.82, 2.24) is 9.55 Å². The molecule has 1 aliphatic rings. The standard InChI is InChI=1S/C17H19N3O3/c1-3-23-17(22)14-6-7-15-19-13(9-16(21)20(14)15)11-8-10(2)4-5-12(11)18/h4-5,8-9,14H,3,6-7,18H2,1-2H3/t14-/m0/s1. The molecule has 0 saturated heterocycles. The van der Waals surface area contributed by atoms with Gasteiger partial charge in [0.15, 0.2) is 0 Å². The van der Waals surface area contributed by atoms with Crippen molar-refractivity contribution in [2.75, 3.05) is 12.3 Å². The Kier molecular flexibility index (Phi) is 3.90. The molecule has 0 saturated carbocycles. The third-order valence-electron chi connectivity index (χ3n) is 4.02. The van der Waals surface area contributed by atoms with Crippen LogP contribution in [0, 0.1) is 6.92 Å². The first-order valence-electron chi connectivity index (χ1n) is 7.67. The van der Waals surface area contributed by atoms with Crippen molar-refractivity contribution in [3.63, 3.8) is 0 Å². The second kappa shape index (κ2) is 5.87. The minimum atomic E-state index is -0.575. The maximum Gasteiger partial charge on any atom is 0.329 e. The third kappa shape index (κ3) is 2.72. The van der Waals surface area contributed by atoms with Crippen LogP contribution >= 0.6 is 0 Å². The number of rotatable bonds is 3. The van der Waals surface area contributed by atoms with Crippen molar-refractivity contribution in [3.05, 3.63) is 46.0 Å². The van der Waals surface area contributed by atoms with Gasteiger partial charge in [0.25, 0.3) is 5.56 Å². The number of aryl methyl sites for hydroxylation is 2. The van der Waals surface area contributed by atoms with Crippen LogP contribution in [-0.2, 0) is 16.0 Å². The fourth-order valence-corrected chi connectivity index (χ4v) is 2.94. The van der Waals surface area contributed by atoms with Gasteiger partial charge in [0.2, 0.25) is 0 Å². The van der Waals surface area contributed by atoms with Crippen molar-refractivity contribution < 1.29 is 9.53 Å². The van der Waals surface area contributed by atoms with Gasteiger partial charge >= 0.3 is 5.97 Å². The average Bonchev–Trinajstić information content (AvgIpc) is 2.94. The summed E-state index contributed by atoms with van der Waals surface area (Å²) < 4.78 is 6.48. The number of nitrogens with zero attached hydrogens (tertiary/aromatic N) is 2. The normalized spacial score (nSPS) is 16.2. The highest BCUT2D eigenvalue weighted by Crippen LogP contribution is 2.28. The molecule has 3 rings (SSSR count).